The zero-order chi connectivity index (χ0) is 22.2. The summed E-state index contributed by atoms with van der Waals surface area (Å²) in [4.78, 5) is 0. The molecule has 0 fully saturated rings. The van der Waals surface area contributed by atoms with Crippen molar-refractivity contribution in [3.8, 4) is 22.6 Å². The molecule has 0 aliphatic carbocycles. The van der Waals surface area contributed by atoms with Gasteiger partial charge in [-0.25, -0.2) is 8.78 Å². The van der Waals surface area contributed by atoms with Gasteiger partial charge in [0.15, 0.2) is 11.6 Å². The Bertz CT molecular complexity index is 1000. The Morgan fingerprint density at radius 1 is 0.774 bits per heavy atom. The maximum absolute atomic E-state index is 14.6. The first-order valence-corrected chi connectivity index (χ1v) is 10.6. The highest BCUT2D eigenvalue weighted by Gasteiger charge is 2.16. The number of benzene rings is 3. The van der Waals surface area contributed by atoms with E-state index in [1.54, 1.807) is 30.3 Å². The molecule has 0 saturated heterocycles. The minimum Gasteiger partial charge on any atom is -0.490 e. The highest BCUT2D eigenvalue weighted by molar-refractivity contribution is 5.66. The van der Waals surface area contributed by atoms with Gasteiger partial charge in [-0.15, -0.1) is 0 Å². The van der Waals surface area contributed by atoms with Gasteiger partial charge in [0.05, 0.1) is 6.61 Å². The lowest BCUT2D eigenvalue weighted by atomic mass is 10.0. The summed E-state index contributed by atoms with van der Waals surface area (Å²) in [6.45, 7) is 4.37. The third kappa shape index (κ3) is 6.03. The Kier molecular flexibility index (Phi) is 7.99. The van der Waals surface area contributed by atoms with E-state index in [0.29, 0.717) is 23.5 Å². The predicted molar refractivity (Wildman–Crippen MR) is 117 cm³/mol. The fourth-order valence-electron chi connectivity index (χ4n) is 3.24. The number of hydrogen-bond acceptors (Lipinski definition) is 2. The molecular formula is C26H27F3O2. The second-order valence-corrected chi connectivity index (χ2v) is 7.56. The van der Waals surface area contributed by atoms with E-state index in [2.05, 4.69) is 6.92 Å². The van der Waals surface area contributed by atoms with Crippen molar-refractivity contribution in [2.45, 2.75) is 46.1 Å². The van der Waals surface area contributed by atoms with Crippen LogP contribution >= 0.6 is 0 Å². The fraction of sp³-hybridized carbons (Fsp3) is 0.308. The van der Waals surface area contributed by atoms with Crippen molar-refractivity contribution < 1.29 is 22.6 Å². The molecular weight excluding hydrogens is 401 g/mol. The molecule has 0 bridgehead atoms. The van der Waals surface area contributed by atoms with Crippen LogP contribution in [-0.2, 0) is 6.61 Å². The van der Waals surface area contributed by atoms with Gasteiger partial charge in [0.1, 0.15) is 18.2 Å². The molecule has 0 saturated carbocycles. The normalized spacial score (nSPS) is 10.9. The van der Waals surface area contributed by atoms with Gasteiger partial charge < -0.3 is 9.47 Å². The summed E-state index contributed by atoms with van der Waals surface area (Å²) >= 11 is 0. The van der Waals surface area contributed by atoms with Gasteiger partial charge in [-0.1, -0.05) is 50.5 Å². The Hall–Kier alpha value is -2.95. The van der Waals surface area contributed by atoms with Crippen molar-refractivity contribution in [3.05, 3.63) is 83.2 Å². The van der Waals surface area contributed by atoms with Crippen LogP contribution in [0.2, 0.25) is 0 Å². The van der Waals surface area contributed by atoms with Crippen LogP contribution in [-0.4, -0.2) is 6.61 Å². The van der Waals surface area contributed by atoms with Crippen LogP contribution in [0.25, 0.3) is 11.1 Å². The first-order valence-electron chi connectivity index (χ1n) is 10.6. The van der Waals surface area contributed by atoms with E-state index >= 15 is 0 Å². The molecule has 31 heavy (non-hydrogen) atoms. The molecule has 0 spiro atoms. The Morgan fingerprint density at radius 3 is 2.26 bits per heavy atom. The zero-order valence-corrected chi connectivity index (χ0v) is 17.9. The van der Waals surface area contributed by atoms with Crippen LogP contribution in [0.15, 0.2) is 54.6 Å². The predicted octanol–water partition coefficient (Wildman–Crippen LogP) is 7.62. The number of ether oxygens (including phenoxy) is 2. The van der Waals surface area contributed by atoms with Crippen molar-refractivity contribution in [3.63, 3.8) is 0 Å². The lowest BCUT2D eigenvalue weighted by molar-refractivity contribution is 0.285. The Labute approximate surface area is 181 Å². The average Bonchev–Trinajstić information content (AvgIpc) is 2.76. The van der Waals surface area contributed by atoms with E-state index in [1.807, 2.05) is 13.0 Å². The maximum atomic E-state index is 14.6. The first kappa shape index (κ1) is 22.7. The molecule has 2 nitrogen and oxygen atoms in total. The van der Waals surface area contributed by atoms with Crippen LogP contribution in [0.4, 0.5) is 13.2 Å². The monoisotopic (exact) mass is 428 g/mol. The summed E-state index contributed by atoms with van der Waals surface area (Å²) in [5.74, 6) is -1.80. The van der Waals surface area contributed by atoms with Gasteiger partial charge >= 0.3 is 0 Å². The average molecular weight is 428 g/mol. The summed E-state index contributed by atoms with van der Waals surface area (Å²) in [5, 5.41) is 0. The lowest BCUT2D eigenvalue weighted by Crippen LogP contribution is -2.02. The van der Waals surface area contributed by atoms with E-state index < -0.39 is 11.6 Å². The molecule has 0 atom stereocenters. The second-order valence-electron chi connectivity index (χ2n) is 7.56. The van der Waals surface area contributed by atoms with Gasteiger partial charge in [0.2, 0.25) is 5.82 Å². The van der Waals surface area contributed by atoms with Crippen LogP contribution in [0.3, 0.4) is 0 Å². The Balaban J connectivity index is 1.64. The van der Waals surface area contributed by atoms with Gasteiger partial charge in [-0.3, -0.25) is 0 Å². The van der Waals surface area contributed by atoms with E-state index in [1.165, 1.54) is 18.2 Å². The molecule has 0 N–H and O–H groups in total. The molecule has 0 unspecified atom stereocenters. The fourth-order valence-corrected chi connectivity index (χ4v) is 3.24. The summed E-state index contributed by atoms with van der Waals surface area (Å²) < 4.78 is 54.0. The highest BCUT2D eigenvalue weighted by atomic mass is 19.2. The molecule has 0 aliphatic heterocycles. The smallest absolute Gasteiger partial charge is 0.201 e. The molecule has 5 heteroatoms. The third-order valence-corrected chi connectivity index (χ3v) is 5.07. The van der Waals surface area contributed by atoms with Crippen LogP contribution in [0.5, 0.6) is 11.5 Å². The molecule has 0 aromatic heterocycles. The second kappa shape index (κ2) is 10.9. The largest absolute Gasteiger partial charge is 0.490 e. The van der Waals surface area contributed by atoms with Gasteiger partial charge in [-0.05, 0) is 54.8 Å². The molecule has 0 aliphatic rings. The summed E-state index contributed by atoms with van der Waals surface area (Å²) in [7, 11) is 0. The number of unbranched alkanes of at least 4 members (excludes halogenated alkanes) is 3. The molecule has 0 heterocycles. The van der Waals surface area contributed by atoms with E-state index in [-0.39, 0.29) is 23.7 Å². The van der Waals surface area contributed by atoms with Crippen LogP contribution in [0, 0.1) is 24.4 Å². The standard InChI is InChI=1S/C26H27F3O2/c1-3-4-5-6-15-30-24-14-13-22(25(28)26(24)29)19-9-11-21(12-10-19)31-17-20-8-7-18(2)16-23(20)27/h7-14,16H,3-6,15,17H2,1-2H3. The van der Waals surface area contributed by atoms with Crippen LogP contribution < -0.4 is 9.47 Å². The van der Waals surface area contributed by atoms with Crippen molar-refractivity contribution >= 4 is 0 Å². The molecule has 3 aromatic rings. The van der Waals surface area contributed by atoms with Crippen molar-refractivity contribution in [2.75, 3.05) is 6.61 Å². The minimum atomic E-state index is -0.983. The van der Waals surface area contributed by atoms with E-state index in [4.69, 9.17) is 9.47 Å². The van der Waals surface area contributed by atoms with E-state index in [0.717, 1.165) is 31.2 Å². The Morgan fingerprint density at radius 2 is 1.55 bits per heavy atom. The summed E-state index contributed by atoms with van der Waals surface area (Å²) in [5.41, 5.74) is 1.95. The molecule has 3 rings (SSSR count). The summed E-state index contributed by atoms with van der Waals surface area (Å²) in [6.07, 6.45) is 4.01. The number of rotatable bonds is 10. The minimum absolute atomic E-state index is 0.0715. The zero-order valence-electron chi connectivity index (χ0n) is 17.9. The topological polar surface area (TPSA) is 18.5 Å². The lowest BCUT2D eigenvalue weighted by Gasteiger charge is -2.11. The van der Waals surface area contributed by atoms with Gasteiger partial charge in [0, 0.05) is 11.1 Å². The number of hydrogen-bond donors (Lipinski definition) is 0. The molecule has 0 radical (unpaired) electrons. The first-order chi connectivity index (χ1) is 15.0. The third-order valence-electron chi connectivity index (χ3n) is 5.07. The molecule has 0 amide bonds. The van der Waals surface area contributed by atoms with Gasteiger partial charge in [0.25, 0.3) is 0 Å². The van der Waals surface area contributed by atoms with E-state index in [9.17, 15) is 13.2 Å². The van der Waals surface area contributed by atoms with Gasteiger partial charge in [-0.2, -0.15) is 4.39 Å². The van der Waals surface area contributed by atoms with Crippen molar-refractivity contribution in [1.29, 1.82) is 0 Å². The van der Waals surface area contributed by atoms with Crippen LogP contribution in [0.1, 0.15) is 43.7 Å². The highest BCUT2D eigenvalue weighted by Crippen LogP contribution is 2.31. The van der Waals surface area contributed by atoms with Crippen molar-refractivity contribution in [1.82, 2.24) is 0 Å². The van der Waals surface area contributed by atoms with Crippen molar-refractivity contribution in [2.24, 2.45) is 0 Å². The number of halogens is 3. The molecule has 3 aromatic carbocycles. The maximum Gasteiger partial charge on any atom is 0.201 e. The summed E-state index contributed by atoms with van der Waals surface area (Å²) in [6, 6.07) is 14.5. The SMILES string of the molecule is CCCCCCOc1ccc(-c2ccc(OCc3ccc(C)cc3F)cc2)c(F)c1F. The quantitative estimate of drug-likeness (QED) is 0.309. The molecule has 164 valence electrons. The number of aryl methyl sites for hydroxylation is 1.